The molecule has 1 unspecified atom stereocenters. The minimum atomic E-state index is -0.196. The highest BCUT2D eigenvalue weighted by Gasteiger charge is 2.18. The first-order valence-corrected chi connectivity index (χ1v) is 7.71. The lowest BCUT2D eigenvalue weighted by Crippen LogP contribution is -2.34. The Morgan fingerprint density at radius 3 is 2.79 bits per heavy atom. The Morgan fingerprint density at radius 1 is 1.29 bits per heavy atom. The molecular formula is C18H19N3O3. The van der Waals surface area contributed by atoms with Gasteiger partial charge in [0.1, 0.15) is 17.6 Å². The number of benzene rings is 1. The van der Waals surface area contributed by atoms with Crippen LogP contribution in [0.1, 0.15) is 17.4 Å². The molecule has 0 saturated carbocycles. The normalized spacial score (nSPS) is 11.9. The van der Waals surface area contributed by atoms with Crippen LogP contribution in [0.5, 0.6) is 5.75 Å². The van der Waals surface area contributed by atoms with Crippen LogP contribution in [0.25, 0.3) is 0 Å². The third kappa shape index (κ3) is 4.04. The molecule has 1 N–H and O–H groups in total. The first kappa shape index (κ1) is 15.9. The van der Waals surface area contributed by atoms with Gasteiger partial charge in [-0.3, -0.25) is 9.48 Å². The topological polar surface area (TPSA) is 69.3 Å². The maximum absolute atomic E-state index is 12.0. The minimum Gasteiger partial charge on any atom is -0.484 e. The Morgan fingerprint density at radius 2 is 2.12 bits per heavy atom. The zero-order valence-corrected chi connectivity index (χ0v) is 13.4. The summed E-state index contributed by atoms with van der Waals surface area (Å²) in [6, 6.07) is 12.9. The van der Waals surface area contributed by atoms with Crippen LogP contribution in [0.15, 0.2) is 65.5 Å². The predicted octanol–water partition coefficient (Wildman–Crippen LogP) is 2.57. The zero-order valence-electron chi connectivity index (χ0n) is 13.4. The number of rotatable bonds is 7. The van der Waals surface area contributed by atoms with Gasteiger partial charge >= 0.3 is 0 Å². The molecule has 2 aromatic heterocycles. The van der Waals surface area contributed by atoms with Gasteiger partial charge in [0.2, 0.25) is 0 Å². The van der Waals surface area contributed by atoms with Gasteiger partial charge in [0.05, 0.1) is 6.26 Å². The van der Waals surface area contributed by atoms with Gasteiger partial charge < -0.3 is 14.5 Å². The van der Waals surface area contributed by atoms with Crippen molar-refractivity contribution >= 4 is 5.91 Å². The van der Waals surface area contributed by atoms with E-state index in [1.807, 2.05) is 55.6 Å². The number of carbonyl (C=O) groups excluding carboxylic acids is 1. The first-order chi connectivity index (χ1) is 11.7. The Kier molecular flexibility index (Phi) is 4.96. The van der Waals surface area contributed by atoms with Gasteiger partial charge in [-0.25, -0.2) is 0 Å². The number of hydrogen-bond donors (Lipinski definition) is 1. The molecule has 3 rings (SSSR count). The van der Waals surface area contributed by atoms with Crippen LogP contribution in [0.2, 0.25) is 0 Å². The van der Waals surface area contributed by atoms with E-state index in [0.29, 0.717) is 12.3 Å². The lowest BCUT2D eigenvalue weighted by atomic mass is 10.2. The molecule has 0 fully saturated rings. The summed E-state index contributed by atoms with van der Waals surface area (Å²) in [5, 5.41) is 7.08. The minimum absolute atomic E-state index is 0.0347. The van der Waals surface area contributed by atoms with Crippen LogP contribution >= 0.6 is 0 Å². The largest absolute Gasteiger partial charge is 0.484 e. The van der Waals surface area contributed by atoms with Crippen LogP contribution < -0.4 is 10.1 Å². The molecule has 1 atom stereocenters. The van der Waals surface area contributed by atoms with E-state index in [1.165, 1.54) is 0 Å². The molecular weight excluding hydrogens is 306 g/mol. The van der Waals surface area contributed by atoms with Crippen molar-refractivity contribution in [3.63, 3.8) is 0 Å². The van der Waals surface area contributed by atoms with Gasteiger partial charge in [0.15, 0.2) is 6.61 Å². The van der Waals surface area contributed by atoms with Crippen LogP contribution in [0.3, 0.4) is 0 Å². The Hall–Kier alpha value is -3.02. The molecule has 0 aliphatic rings. The summed E-state index contributed by atoms with van der Waals surface area (Å²) >= 11 is 0. The molecule has 0 bridgehead atoms. The third-order valence-corrected chi connectivity index (χ3v) is 3.60. The molecule has 6 nitrogen and oxygen atoms in total. The molecule has 2 heterocycles. The summed E-state index contributed by atoms with van der Waals surface area (Å²) in [5.41, 5.74) is 1.15. The van der Waals surface area contributed by atoms with Gasteiger partial charge in [0, 0.05) is 18.9 Å². The van der Waals surface area contributed by atoms with E-state index in [4.69, 9.17) is 9.15 Å². The van der Waals surface area contributed by atoms with E-state index in [-0.39, 0.29) is 18.6 Å². The van der Waals surface area contributed by atoms with Crippen LogP contribution in [-0.4, -0.2) is 28.8 Å². The molecule has 124 valence electrons. The van der Waals surface area contributed by atoms with Crippen LogP contribution in [-0.2, 0) is 4.79 Å². The maximum atomic E-state index is 12.0. The number of nitrogens with zero attached hydrogens (tertiary/aromatic N) is 2. The van der Waals surface area contributed by atoms with Crippen molar-refractivity contribution in [2.45, 2.75) is 13.0 Å². The molecule has 3 aromatic rings. The number of ether oxygens (including phenoxy) is 1. The molecule has 1 aromatic carbocycles. The third-order valence-electron chi connectivity index (χ3n) is 3.60. The molecule has 0 aliphatic carbocycles. The molecule has 0 radical (unpaired) electrons. The Bertz CT molecular complexity index is 715. The number of nitrogens with one attached hydrogen (secondary N) is 1. The van der Waals surface area contributed by atoms with Crippen molar-refractivity contribution in [2.24, 2.45) is 0 Å². The molecule has 6 heteroatoms. The standard InChI is InChI=1S/C18H19N3O3/c1-14-5-7-15(8-6-14)24-13-18(22)19-12-16(17-4-2-11-23-17)21-10-3-9-20-21/h2-11,16H,12-13H2,1H3,(H,19,22). The number of carbonyl (C=O) groups is 1. The van der Waals surface area contributed by atoms with E-state index >= 15 is 0 Å². The smallest absolute Gasteiger partial charge is 0.258 e. The van der Waals surface area contributed by atoms with E-state index in [0.717, 1.165) is 11.3 Å². The average molecular weight is 325 g/mol. The highest BCUT2D eigenvalue weighted by atomic mass is 16.5. The van der Waals surface area contributed by atoms with Gasteiger partial charge in [-0.15, -0.1) is 0 Å². The van der Waals surface area contributed by atoms with Gasteiger partial charge in [-0.1, -0.05) is 17.7 Å². The Labute approximate surface area is 140 Å². The van der Waals surface area contributed by atoms with Crippen molar-refractivity contribution in [1.82, 2.24) is 15.1 Å². The van der Waals surface area contributed by atoms with Crippen molar-refractivity contribution in [3.8, 4) is 5.75 Å². The molecule has 0 saturated heterocycles. The van der Waals surface area contributed by atoms with Crippen molar-refractivity contribution < 1.29 is 13.9 Å². The number of aromatic nitrogens is 2. The van der Waals surface area contributed by atoms with Crippen molar-refractivity contribution in [1.29, 1.82) is 0 Å². The van der Waals surface area contributed by atoms with Crippen LogP contribution in [0.4, 0.5) is 0 Å². The second-order valence-electron chi connectivity index (χ2n) is 5.42. The molecule has 0 aliphatic heterocycles. The molecule has 0 spiro atoms. The van der Waals surface area contributed by atoms with Gasteiger partial charge in [-0.2, -0.15) is 5.10 Å². The quantitative estimate of drug-likeness (QED) is 0.725. The highest BCUT2D eigenvalue weighted by Crippen LogP contribution is 2.17. The predicted molar refractivity (Wildman–Crippen MR) is 88.8 cm³/mol. The van der Waals surface area contributed by atoms with Gasteiger partial charge in [-0.05, 0) is 37.3 Å². The fraction of sp³-hybridized carbons (Fsp3) is 0.222. The van der Waals surface area contributed by atoms with E-state index < -0.39 is 0 Å². The highest BCUT2D eigenvalue weighted by molar-refractivity contribution is 5.77. The summed E-state index contributed by atoms with van der Waals surface area (Å²) in [4.78, 5) is 12.0. The second-order valence-corrected chi connectivity index (χ2v) is 5.42. The molecule has 1 amide bonds. The summed E-state index contributed by atoms with van der Waals surface area (Å²) in [5.74, 6) is 1.21. The van der Waals surface area contributed by atoms with Gasteiger partial charge in [0.25, 0.3) is 5.91 Å². The number of aryl methyl sites for hydroxylation is 1. The van der Waals surface area contributed by atoms with Crippen molar-refractivity contribution in [3.05, 3.63) is 72.4 Å². The number of furan rings is 1. The fourth-order valence-electron chi connectivity index (χ4n) is 2.32. The summed E-state index contributed by atoms with van der Waals surface area (Å²) in [6.07, 6.45) is 5.13. The van der Waals surface area contributed by atoms with Crippen LogP contribution in [0, 0.1) is 6.92 Å². The SMILES string of the molecule is Cc1ccc(OCC(=O)NCC(c2ccco2)n2cccn2)cc1. The summed E-state index contributed by atoms with van der Waals surface area (Å²) in [6.45, 7) is 2.33. The zero-order chi connectivity index (χ0) is 16.8. The number of hydrogen-bond acceptors (Lipinski definition) is 4. The Balaban J connectivity index is 1.54. The van der Waals surface area contributed by atoms with Crippen molar-refractivity contribution in [2.75, 3.05) is 13.2 Å². The fourth-order valence-corrected chi connectivity index (χ4v) is 2.32. The monoisotopic (exact) mass is 325 g/mol. The van der Waals surface area contributed by atoms with E-state index in [1.54, 1.807) is 17.1 Å². The first-order valence-electron chi connectivity index (χ1n) is 7.71. The number of amides is 1. The average Bonchev–Trinajstić information content (AvgIpc) is 3.29. The second kappa shape index (κ2) is 7.50. The lowest BCUT2D eigenvalue weighted by molar-refractivity contribution is -0.123. The lowest BCUT2D eigenvalue weighted by Gasteiger charge is -2.16. The van der Waals surface area contributed by atoms with E-state index in [2.05, 4.69) is 10.4 Å². The summed E-state index contributed by atoms with van der Waals surface area (Å²) in [7, 11) is 0. The summed E-state index contributed by atoms with van der Waals surface area (Å²) < 4.78 is 12.7. The maximum Gasteiger partial charge on any atom is 0.258 e. The molecule has 24 heavy (non-hydrogen) atoms. The van der Waals surface area contributed by atoms with E-state index in [9.17, 15) is 4.79 Å².